The molecule has 0 spiro atoms. The van der Waals surface area contributed by atoms with Crippen molar-refractivity contribution >= 4 is 5.97 Å². The average molecular weight is 438 g/mol. The van der Waals surface area contributed by atoms with Gasteiger partial charge < -0.3 is 59.8 Å². The molecule has 172 valence electrons. The van der Waals surface area contributed by atoms with E-state index in [0.717, 1.165) is 6.26 Å². The molecule has 1 fully saturated rings. The lowest BCUT2D eigenvalue weighted by Gasteiger charge is -2.48. The third-order valence-electron chi connectivity index (χ3n) is 4.70. The van der Waals surface area contributed by atoms with Gasteiger partial charge in [-0.25, -0.2) is 4.79 Å². The Labute approximate surface area is 170 Å². The van der Waals surface area contributed by atoms with Crippen molar-refractivity contribution in [1.29, 1.82) is 0 Å². The highest BCUT2D eigenvalue weighted by molar-refractivity contribution is 5.89. The number of aliphatic hydroxyl groups excluding tert-OH is 8. The summed E-state index contributed by atoms with van der Waals surface area (Å²) >= 11 is 0. The quantitative estimate of drug-likeness (QED) is 0.121. The van der Waals surface area contributed by atoms with Crippen molar-refractivity contribution in [3.05, 3.63) is 24.4 Å². The highest BCUT2D eigenvalue weighted by Gasteiger charge is 2.58. The van der Waals surface area contributed by atoms with Crippen molar-refractivity contribution in [3.8, 4) is 0 Å². The second kappa shape index (κ2) is 9.89. The fourth-order valence-corrected chi connectivity index (χ4v) is 3.13. The molecule has 2 aliphatic heterocycles. The molecule has 0 bridgehead atoms. The van der Waals surface area contributed by atoms with Gasteiger partial charge in [0.25, 0.3) is 0 Å². The minimum atomic E-state index is -2.46. The van der Waals surface area contributed by atoms with Crippen LogP contribution in [0.15, 0.2) is 24.4 Å². The fraction of sp³-hybridized carbons (Fsp3) is 0.706. The van der Waals surface area contributed by atoms with Crippen molar-refractivity contribution in [2.75, 3.05) is 19.8 Å². The molecule has 0 amide bonds. The largest absolute Gasteiger partial charge is 0.505 e. The number of rotatable bonds is 10. The fourth-order valence-electron chi connectivity index (χ4n) is 3.13. The van der Waals surface area contributed by atoms with Crippen LogP contribution < -0.4 is 0 Å². The van der Waals surface area contributed by atoms with Crippen molar-refractivity contribution in [1.82, 2.24) is 0 Å². The Kier molecular flexibility index (Phi) is 8.01. The van der Waals surface area contributed by atoms with Gasteiger partial charge in [-0.15, -0.1) is 0 Å². The maximum Gasteiger partial charge on any atom is 0.378 e. The smallest absolute Gasteiger partial charge is 0.378 e. The Bertz CT molecular complexity index is 652. The van der Waals surface area contributed by atoms with Crippen LogP contribution in [0.5, 0.6) is 0 Å². The van der Waals surface area contributed by atoms with Crippen LogP contribution in [-0.4, -0.2) is 115 Å². The van der Waals surface area contributed by atoms with E-state index in [9.17, 15) is 40.5 Å². The SMILES string of the molecule is C=COC[C@H]1OC(CC(O)CO)(OC2=C(O)[C@@H]([C@@H](O)CO)OC2=O)[C@H](O)[C@@H](O)[C@@H]1O. The molecule has 2 rings (SSSR count). The van der Waals surface area contributed by atoms with Crippen molar-refractivity contribution in [2.45, 2.75) is 54.9 Å². The molecule has 0 aromatic carbocycles. The highest BCUT2D eigenvalue weighted by Crippen LogP contribution is 2.39. The van der Waals surface area contributed by atoms with E-state index >= 15 is 0 Å². The van der Waals surface area contributed by atoms with Crippen molar-refractivity contribution in [2.24, 2.45) is 0 Å². The van der Waals surface area contributed by atoms with Crippen LogP contribution in [0.4, 0.5) is 0 Å². The lowest BCUT2D eigenvalue weighted by Crippen LogP contribution is -2.67. The molecule has 8 N–H and O–H groups in total. The first-order chi connectivity index (χ1) is 14.1. The molecular formula is C17H26O13. The number of esters is 1. The number of carbonyl (C=O) groups is 1. The monoisotopic (exact) mass is 438 g/mol. The van der Waals surface area contributed by atoms with Gasteiger partial charge in [0.05, 0.1) is 25.6 Å². The second-order valence-electron chi connectivity index (χ2n) is 6.83. The second-order valence-corrected chi connectivity index (χ2v) is 6.83. The number of carbonyl (C=O) groups excluding carboxylic acids is 1. The van der Waals surface area contributed by atoms with Gasteiger partial charge in [0.2, 0.25) is 11.5 Å². The lowest BCUT2D eigenvalue weighted by atomic mass is 9.89. The van der Waals surface area contributed by atoms with E-state index in [2.05, 4.69) is 6.58 Å². The molecule has 0 aromatic rings. The van der Waals surface area contributed by atoms with Crippen LogP contribution in [0.2, 0.25) is 0 Å². The summed E-state index contributed by atoms with van der Waals surface area (Å²) < 4.78 is 20.6. The first-order valence-electron chi connectivity index (χ1n) is 8.97. The Morgan fingerprint density at radius 2 is 1.83 bits per heavy atom. The van der Waals surface area contributed by atoms with Gasteiger partial charge in [0.15, 0.2) is 11.9 Å². The van der Waals surface area contributed by atoms with E-state index in [1.807, 2.05) is 0 Å². The molecule has 0 aliphatic carbocycles. The number of aliphatic hydroxyl groups is 8. The normalized spacial score (nSPS) is 36.2. The Hall–Kier alpha value is -1.97. The van der Waals surface area contributed by atoms with Crippen LogP contribution in [0.3, 0.4) is 0 Å². The van der Waals surface area contributed by atoms with Gasteiger partial charge in [-0.05, 0) is 0 Å². The van der Waals surface area contributed by atoms with E-state index in [1.165, 1.54) is 0 Å². The summed E-state index contributed by atoms with van der Waals surface area (Å²) in [4.78, 5) is 12.1. The van der Waals surface area contributed by atoms with E-state index < -0.39 is 85.6 Å². The molecule has 30 heavy (non-hydrogen) atoms. The number of hydrogen-bond acceptors (Lipinski definition) is 13. The zero-order chi connectivity index (χ0) is 22.6. The van der Waals surface area contributed by atoms with E-state index in [0.29, 0.717) is 0 Å². The maximum atomic E-state index is 12.1. The molecule has 8 atom stereocenters. The standard InChI is InChI=1S/C17H26O13/c1-2-27-6-9-10(22)11(23)15(25)17(29-9,3-7(20)4-18)30-14-12(24)13(8(21)5-19)28-16(14)26/h2,7-11,13,15,18-25H,1,3-6H2/t7?,8-,9+,10+,11-,13+,15+,17?/m0/s1. The summed E-state index contributed by atoms with van der Waals surface area (Å²) in [7, 11) is 0. The predicted octanol–water partition coefficient (Wildman–Crippen LogP) is -3.87. The molecule has 13 nitrogen and oxygen atoms in total. The zero-order valence-corrected chi connectivity index (χ0v) is 15.8. The van der Waals surface area contributed by atoms with Crippen LogP contribution >= 0.6 is 0 Å². The number of ether oxygens (including phenoxy) is 4. The van der Waals surface area contributed by atoms with Gasteiger partial charge in [0.1, 0.15) is 37.1 Å². The molecule has 0 saturated carbocycles. The maximum absolute atomic E-state index is 12.1. The summed E-state index contributed by atoms with van der Waals surface area (Å²) in [6, 6.07) is 0. The summed E-state index contributed by atoms with van der Waals surface area (Å²) in [6.45, 7) is 1.25. The van der Waals surface area contributed by atoms with E-state index in [1.54, 1.807) is 0 Å². The van der Waals surface area contributed by atoms with Crippen LogP contribution in [-0.2, 0) is 23.7 Å². The first-order valence-corrected chi connectivity index (χ1v) is 8.97. The summed E-state index contributed by atoms with van der Waals surface area (Å²) in [6.07, 6.45) is -11.7. The molecule has 2 unspecified atom stereocenters. The minimum absolute atomic E-state index is 0.379. The Morgan fingerprint density at radius 1 is 1.17 bits per heavy atom. The van der Waals surface area contributed by atoms with E-state index in [-0.39, 0.29) is 6.61 Å². The third-order valence-corrected chi connectivity index (χ3v) is 4.70. The first kappa shape index (κ1) is 24.3. The molecule has 1 saturated heterocycles. The topological polar surface area (TPSA) is 216 Å². The van der Waals surface area contributed by atoms with Crippen LogP contribution in [0.25, 0.3) is 0 Å². The zero-order valence-electron chi connectivity index (χ0n) is 15.8. The average Bonchev–Trinajstić information content (AvgIpc) is 3.01. The Balaban J connectivity index is 2.44. The van der Waals surface area contributed by atoms with Gasteiger partial charge in [-0.3, -0.25) is 0 Å². The predicted molar refractivity (Wildman–Crippen MR) is 93.2 cm³/mol. The minimum Gasteiger partial charge on any atom is -0.505 e. The molecular weight excluding hydrogens is 412 g/mol. The van der Waals surface area contributed by atoms with E-state index in [4.69, 9.17) is 24.1 Å². The highest BCUT2D eigenvalue weighted by atomic mass is 16.7. The Morgan fingerprint density at radius 3 is 2.40 bits per heavy atom. The summed E-state index contributed by atoms with van der Waals surface area (Å²) in [5.74, 6) is -5.62. The molecule has 2 aliphatic rings. The molecule has 2 heterocycles. The van der Waals surface area contributed by atoms with Gasteiger partial charge in [-0.2, -0.15) is 0 Å². The lowest BCUT2D eigenvalue weighted by molar-refractivity contribution is -0.360. The summed E-state index contributed by atoms with van der Waals surface area (Å²) in [5, 5.41) is 78.9. The van der Waals surface area contributed by atoms with Gasteiger partial charge >= 0.3 is 5.97 Å². The van der Waals surface area contributed by atoms with Gasteiger partial charge in [0, 0.05) is 6.42 Å². The van der Waals surface area contributed by atoms with Crippen molar-refractivity contribution in [3.63, 3.8) is 0 Å². The van der Waals surface area contributed by atoms with Crippen molar-refractivity contribution < 1.29 is 64.6 Å². The molecule has 0 radical (unpaired) electrons. The van der Waals surface area contributed by atoms with Crippen LogP contribution in [0.1, 0.15) is 6.42 Å². The number of cyclic esters (lactones) is 1. The van der Waals surface area contributed by atoms with Gasteiger partial charge in [-0.1, -0.05) is 6.58 Å². The summed E-state index contributed by atoms with van der Waals surface area (Å²) in [5.41, 5.74) is 0. The number of hydrogen-bond donors (Lipinski definition) is 8. The molecule has 13 heteroatoms. The third kappa shape index (κ3) is 4.68. The molecule has 0 aromatic heterocycles. The van der Waals surface area contributed by atoms with Crippen LogP contribution in [0, 0.1) is 0 Å².